The van der Waals surface area contributed by atoms with Crippen LogP contribution in [0.4, 0.5) is 14.6 Å². The van der Waals surface area contributed by atoms with Gasteiger partial charge in [0, 0.05) is 48.3 Å². The molecule has 0 unspecified atom stereocenters. The fraction of sp³-hybridized carbons (Fsp3) is 0.333. The second kappa shape index (κ2) is 7.46. The van der Waals surface area contributed by atoms with Crippen LogP contribution in [0.1, 0.15) is 17.7 Å². The molecule has 0 aliphatic carbocycles. The Hall–Kier alpha value is -1.38. The first-order chi connectivity index (χ1) is 11.1. The van der Waals surface area contributed by atoms with E-state index < -0.39 is 11.6 Å². The SMILES string of the molecule is Cc1cc(NSN2CCC2)nc(SCc2cccc(F)c2F)n1. The molecule has 0 bridgehead atoms. The molecule has 0 amide bonds. The van der Waals surface area contributed by atoms with Gasteiger partial charge in [-0.05, 0) is 19.4 Å². The van der Waals surface area contributed by atoms with Crippen molar-refractivity contribution in [3.63, 3.8) is 0 Å². The predicted molar refractivity (Wildman–Crippen MR) is 90.1 cm³/mol. The van der Waals surface area contributed by atoms with E-state index in [0.717, 1.165) is 30.7 Å². The topological polar surface area (TPSA) is 41.0 Å². The van der Waals surface area contributed by atoms with Crippen molar-refractivity contribution in [1.82, 2.24) is 14.3 Å². The molecule has 1 N–H and O–H groups in total. The first kappa shape index (κ1) is 16.5. The van der Waals surface area contributed by atoms with Crippen LogP contribution in [0, 0.1) is 18.6 Å². The summed E-state index contributed by atoms with van der Waals surface area (Å²) >= 11 is 2.81. The molecule has 2 heterocycles. The molecule has 122 valence electrons. The number of nitrogens with one attached hydrogen (secondary N) is 1. The van der Waals surface area contributed by atoms with Crippen molar-refractivity contribution in [1.29, 1.82) is 0 Å². The number of benzene rings is 1. The van der Waals surface area contributed by atoms with E-state index in [1.165, 1.54) is 36.4 Å². The number of rotatable bonds is 6. The summed E-state index contributed by atoms with van der Waals surface area (Å²) in [5.74, 6) is -0.635. The molecule has 1 aromatic carbocycles. The molecule has 0 radical (unpaired) electrons. The highest BCUT2D eigenvalue weighted by molar-refractivity contribution is 7.98. The van der Waals surface area contributed by atoms with Crippen LogP contribution in [0.5, 0.6) is 0 Å². The molecule has 0 spiro atoms. The second-order valence-corrected chi connectivity index (χ2v) is 7.00. The van der Waals surface area contributed by atoms with Gasteiger partial charge < -0.3 is 4.72 Å². The predicted octanol–water partition coefficient (Wildman–Crippen LogP) is 4.04. The summed E-state index contributed by atoms with van der Waals surface area (Å²) in [4.78, 5) is 8.74. The van der Waals surface area contributed by atoms with Crippen molar-refractivity contribution in [2.45, 2.75) is 24.3 Å². The zero-order valence-corrected chi connectivity index (χ0v) is 14.2. The molecular weight excluding hydrogens is 338 g/mol. The average molecular weight is 354 g/mol. The van der Waals surface area contributed by atoms with E-state index in [2.05, 4.69) is 19.0 Å². The van der Waals surface area contributed by atoms with Crippen LogP contribution in [0.3, 0.4) is 0 Å². The minimum Gasteiger partial charge on any atom is -0.301 e. The highest BCUT2D eigenvalue weighted by Crippen LogP contribution is 2.25. The Morgan fingerprint density at radius 2 is 2.09 bits per heavy atom. The van der Waals surface area contributed by atoms with E-state index in [-0.39, 0.29) is 5.75 Å². The zero-order valence-electron chi connectivity index (χ0n) is 12.6. The van der Waals surface area contributed by atoms with E-state index >= 15 is 0 Å². The number of nitrogens with zero attached hydrogens (tertiary/aromatic N) is 3. The number of aromatic nitrogens is 2. The van der Waals surface area contributed by atoms with Crippen molar-refractivity contribution in [2.24, 2.45) is 0 Å². The lowest BCUT2D eigenvalue weighted by Crippen LogP contribution is -2.31. The Morgan fingerprint density at radius 3 is 2.83 bits per heavy atom. The normalized spacial score (nSPS) is 14.6. The first-order valence-corrected chi connectivity index (χ1v) is 8.97. The third-order valence-electron chi connectivity index (χ3n) is 3.32. The lowest BCUT2D eigenvalue weighted by Gasteiger charge is -2.28. The molecule has 23 heavy (non-hydrogen) atoms. The summed E-state index contributed by atoms with van der Waals surface area (Å²) in [6, 6.07) is 6.05. The number of thioether (sulfide) groups is 1. The maximum Gasteiger partial charge on any atom is 0.190 e. The Morgan fingerprint density at radius 1 is 1.26 bits per heavy atom. The molecule has 0 atom stereocenters. The Labute approximate surface area is 142 Å². The summed E-state index contributed by atoms with van der Waals surface area (Å²) in [5.41, 5.74) is 1.14. The van der Waals surface area contributed by atoms with Gasteiger partial charge in [0.15, 0.2) is 16.8 Å². The molecule has 1 aliphatic rings. The van der Waals surface area contributed by atoms with Crippen LogP contribution < -0.4 is 4.72 Å². The van der Waals surface area contributed by atoms with Crippen molar-refractivity contribution < 1.29 is 8.78 Å². The van der Waals surface area contributed by atoms with E-state index in [1.807, 2.05) is 13.0 Å². The Balaban J connectivity index is 1.64. The first-order valence-electron chi connectivity index (χ1n) is 7.21. The summed E-state index contributed by atoms with van der Waals surface area (Å²) in [5, 5.41) is 0.542. The Bertz CT molecular complexity index is 695. The van der Waals surface area contributed by atoms with E-state index in [9.17, 15) is 8.78 Å². The molecular formula is C15H16F2N4S2. The lowest BCUT2D eigenvalue weighted by molar-refractivity contribution is 0.345. The molecule has 1 aliphatic heterocycles. The molecule has 3 rings (SSSR count). The highest BCUT2D eigenvalue weighted by atomic mass is 32.2. The third-order valence-corrected chi connectivity index (χ3v) is 5.14. The molecule has 2 aromatic rings. The number of aryl methyl sites for hydroxylation is 1. The van der Waals surface area contributed by atoms with Gasteiger partial charge >= 0.3 is 0 Å². The smallest absolute Gasteiger partial charge is 0.190 e. The third kappa shape index (κ3) is 4.33. The summed E-state index contributed by atoms with van der Waals surface area (Å²) in [6.45, 7) is 4.03. The molecule has 1 aromatic heterocycles. The van der Waals surface area contributed by atoms with Gasteiger partial charge in [0.2, 0.25) is 0 Å². The zero-order chi connectivity index (χ0) is 16.2. The minimum atomic E-state index is -0.832. The van der Waals surface area contributed by atoms with Gasteiger partial charge in [-0.25, -0.2) is 23.1 Å². The Kier molecular flexibility index (Phi) is 5.34. The van der Waals surface area contributed by atoms with E-state index in [4.69, 9.17) is 0 Å². The van der Waals surface area contributed by atoms with Crippen molar-refractivity contribution in [2.75, 3.05) is 17.8 Å². The molecule has 4 nitrogen and oxygen atoms in total. The fourth-order valence-corrected chi connectivity index (χ4v) is 3.60. The summed E-state index contributed by atoms with van der Waals surface area (Å²) < 4.78 is 32.3. The maximum absolute atomic E-state index is 13.7. The average Bonchev–Trinajstić information content (AvgIpc) is 2.47. The quantitative estimate of drug-likeness (QED) is 0.480. The largest absolute Gasteiger partial charge is 0.301 e. The van der Waals surface area contributed by atoms with Crippen molar-refractivity contribution in [3.8, 4) is 0 Å². The van der Waals surface area contributed by atoms with Gasteiger partial charge in [-0.2, -0.15) is 0 Å². The lowest BCUT2D eigenvalue weighted by atomic mass is 10.2. The summed E-state index contributed by atoms with van der Waals surface area (Å²) in [7, 11) is 0. The molecule has 0 saturated carbocycles. The summed E-state index contributed by atoms with van der Waals surface area (Å²) in [6.07, 6.45) is 1.22. The van der Waals surface area contributed by atoms with Crippen LogP contribution >= 0.6 is 23.9 Å². The van der Waals surface area contributed by atoms with Crippen LogP contribution in [0.2, 0.25) is 0 Å². The number of hydrogen-bond acceptors (Lipinski definition) is 6. The van der Waals surface area contributed by atoms with E-state index in [0.29, 0.717) is 10.7 Å². The van der Waals surface area contributed by atoms with Crippen LogP contribution in [0.15, 0.2) is 29.4 Å². The van der Waals surface area contributed by atoms with Gasteiger partial charge in [-0.3, -0.25) is 0 Å². The van der Waals surface area contributed by atoms with Gasteiger partial charge in [-0.1, -0.05) is 23.9 Å². The van der Waals surface area contributed by atoms with E-state index in [1.54, 1.807) is 6.07 Å². The van der Waals surface area contributed by atoms with Gasteiger partial charge in [0.25, 0.3) is 0 Å². The van der Waals surface area contributed by atoms with Gasteiger partial charge in [0.1, 0.15) is 5.82 Å². The van der Waals surface area contributed by atoms with Crippen molar-refractivity contribution >= 4 is 29.7 Å². The van der Waals surface area contributed by atoms with Crippen LogP contribution in [-0.4, -0.2) is 27.4 Å². The number of hydrogen-bond donors (Lipinski definition) is 1. The monoisotopic (exact) mass is 354 g/mol. The highest BCUT2D eigenvalue weighted by Gasteiger charge is 2.15. The maximum atomic E-state index is 13.7. The van der Waals surface area contributed by atoms with Gasteiger partial charge in [0.05, 0.1) is 0 Å². The molecule has 1 saturated heterocycles. The number of halogens is 2. The standard InChI is InChI=1S/C15H16F2N4S2/c1-10-8-13(20-23-21-6-3-7-21)19-15(18-10)22-9-11-4-2-5-12(16)14(11)17/h2,4-5,8H,3,6-7,9H2,1H3,(H,18,19,20). The molecule has 1 fully saturated rings. The fourth-order valence-electron chi connectivity index (χ4n) is 1.95. The van der Waals surface area contributed by atoms with Gasteiger partial charge in [-0.15, -0.1) is 0 Å². The van der Waals surface area contributed by atoms with Crippen LogP contribution in [0.25, 0.3) is 0 Å². The molecule has 8 heteroatoms. The van der Waals surface area contributed by atoms with Crippen molar-refractivity contribution in [3.05, 3.63) is 47.2 Å². The minimum absolute atomic E-state index is 0.283. The second-order valence-electron chi connectivity index (χ2n) is 5.15. The van der Waals surface area contributed by atoms with Crippen LogP contribution in [-0.2, 0) is 5.75 Å². The number of anilines is 1.